The maximum Gasteiger partial charge on any atom is 0.227 e. The minimum absolute atomic E-state index is 0.339. The van der Waals surface area contributed by atoms with E-state index in [-0.39, 0.29) is 0 Å². The summed E-state index contributed by atoms with van der Waals surface area (Å²) in [6, 6.07) is 0.912. The molecule has 1 aliphatic rings. The van der Waals surface area contributed by atoms with E-state index in [0.717, 1.165) is 0 Å². The van der Waals surface area contributed by atoms with Crippen molar-refractivity contribution in [3.63, 3.8) is 0 Å². The molecule has 0 unspecified atom stereocenters. The average molecular weight is 193 g/mol. The van der Waals surface area contributed by atoms with Crippen molar-refractivity contribution >= 4 is 11.9 Å². The third-order valence-electron chi connectivity index (χ3n) is 1.90. The van der Waals surface area contributed by atoms with E-state index in [9.17, 15) is 0 Å². The van der Waals surface area contributed by atoms with E-state index in [1.165, 1.54) is 19.2 Å². The zero-order chi connectivity index (χ0) is 9.97. The molecule has 2 rings (SSSR count). The molecule has 0 aliphatic heterocycles. The Hall–Kier alpha value is -1.39. The van der Waals surface area contributed by atoms with Crippen LogP contribution in [0, 0.1) is 0 Å². The molecule has 0 aromatic carbocycles. The highest BCUT2D eigenvalue weighted by molar-refractivity contribution is 5.34. The first-order chi connectivity index (χ1) is 6.74. The topological polar surface area (TPSA) is 62.7 Å². The summed E-state index contributed by atoms with van der Waals surface area (Å²) in [5.41, 5.74) is 0. The molecule has 1 fully saturated rings. The normalized spacial score (nSPS) is 15.6. The Kier molecular flexibility index (Phi) is 2.47. The highest BCUT2D eigenvalue weighted by atomic mass is 15.2. The van der Waals surface area contributed by atoms with Crippen molar-refractivity contribution in [3.8, 4) is 0 Å². The fourth-order valence-electron chi connectivity index (χ4n) is 1.10. The Bertz CT molecular complexity index is 289. The molecular weight excluding hydrogens is 178 g/mol. The second-order valence-electron chi connectivity index (χ2n) is 3.85. The molecule has 0 atom stereocenters. The van der Waals surface area contributed by atoms with Crippen molar-refractivity contribution in [2.24, 2.45) is 0 Å². The second kappa shape index (κ2) is 3.77. The van der Waals surface area contributed by atoms with E-state index in [2.05, 4.69) is 39.4 Å². The number of anilines is 2. The molecule has 0 saturated heterocycles. The highest BCUT2D eigenvalue weighted by Crippen LogP contribution is 2.22. The van der Waals surface area contributed by atoms with E-state index >= 15 is 0 Å². The zero-order valence-electron chi connectivity index (χ0n) is 8.49. The molecule has 5 heteroatoms. The lowest BCUT2D eigenvalue weighted by Gasteiger charge is -2.08. The van der Waals surface area contributed by atoms with Gasteiger partial charge in [-0.2, -0.15) is 4.98 Å². The number of hydrogen-bond acceptors (Lipinski definition) is 5. The lowest BCUT2D eigenvalue weighted by molar-refractivity contribution is 0.865. The lowest BCUT2D eigenvalue weighted by atomic mass is 10.4. The largest absolute Gasteiger partial charge is 0.352 e. The van der Waals surface area contributed by atoms with Crippen LogP contribution in [0.5, 0.6) is 0 Å². The first-order valence-corrected chi connectivity index (χ1v) is 4.96. The van der Waals surface area contributed by atoms with Gasteiger partial charge in [-0.25, -0.2) is 9.97 Å². The van der Waals surface area contributed by atoms with Crippen LogP contribution in [-0.2, 0) is 0 Å². The quantitative estimate of drug-likeness (QED) is 0.754. The number of hydrogen-bond donors (Lipinski definition) is 2. The van der Waals surface area contributed by atoms with Crippen LogP contribution >= 0.6 is 0 Å². The molecule has 1 aliphatic carbocycles. The third-order valence-corrected chi connectivity index (χ3v) is 1.90. The predicted octanol–water partition coefficient (Wildman–Crippen LogP) is 1.27. The summed E-state index contributed by atoms with van der Waals surface area (Å²) < 4.78 is 0. The fraction of sp³-hybridized carbons (Fsp3) is 0.667. The Morgan fingerprint density at radius 3 is 2.64 bits per heavy atom. The van der Waals surface area contributed by atoms with Crippen LogP contribution in [0.15, 0.2) is 6.33 Å². The van der Waals surface area contributed by atoms with Gasteiger partial charge in [0.2, 0.25) is 11.9 Å². The molecule has 1 saturated carbocycles. The van der Waals surface area contributed by atoms with Gasteiger partial charge in [-0.15, -0.1) is 0 Å². The molecule has 0 spiro atoms. The molecule has 14 heavy (non-hydrogen) atoms. The van der Waals surface area contributed by atoms with Gasteiger partial charge in [-0.3, -0.25) is 0 Å². The average Bonchev–Trinajstić information content (AvgIpc) is 2.87. The summed E-state index contributed by atoms with van der Waals surface area (Å²) in [4.78, 5) is 12.3. The highest BCUT2D eigenvalue weighted by Gasteiger charge is 2.21. The maximum atomic E-state index is 4.25. The number of nitrogens with zero attached hydrogens (tertiary/aromatic N) is 3. The van der Waals surface area contributed by atoms with Gasteiger partial charge in [0.25, 0.3) is 0 Å². The summed E-state index contributed by atoms with van der Waals surface area (Å²) >= 11 is 0. The molecule has 5 nitrogen and oxygen atoms in total. The summed E-state index contributed by atoms with van der Waals surface area (Å²) in [6.07, 6.45) is 3.97. The number of aromatic nitrogens is 3. The predicted molar refractivity (Wildman–Crippen MR) is 55.2 cm³/mol. The Morgan fingerprint density at radius 1 is 1.29 bits per heavy atom. The van der Waals surface area contributed by atoms with Gasteiger partial charge in [0.1, 0.15) is 6.33 Å². The van der Waals surface area contributed by atoms with Gasteiger partial charge in [-0.1, -0.05) is 0 Å². The van der Waals surface area contributed by atoms with Gasteiger partial charge in [0.05, 0.1) is 0 Å². The van der Waals surface area contributed by atoms with Crippen molar-refractivity contribution < 1.29 is 0 Å². The summed E-state index contributed by atoms with van der Waals surface area (Å²) in [6.45, 7) is 4.11. The van der Waals surface area contributed by atoms with Crippen LogP contribution in [0.2, 0.25) is 0 Å². The minimum atomic E-state index is 0.339. The summed E-state index contributed by atoms with van der Waals surface area (Å²) in [5, 5.41) is 6.36. The van der Waals surface area contributed by atoms with Gasteiger partial charge in [0.15, 0.2) is 0 Å². The first kappa shape index (κ1) is 9.18. The van der Waals surface area contributed by atoms with E-state index in [1.54, 1.807) is 0 Å². The second-order valence-corrected chi connectivity index (χ2v) is 3.85. The first-order valence-electron chi connectivity index (χ1n) is 4.96. The van der Waals surface area contributed by atoms with Crippen LogP contribution in [0.3, 0.4) is 0 Å². The molecule has 1 aromatic rings. The smallest absolute Gasteiger partial charge is 0.227 e. The van der Waals surface area contributed by atoms with Crippen LogP contribution < -0.4 is 10.6 Å². The molecule has 0 amide bonds. The Balaban J connectivity index is 2.01. The summed E-state index contributed by atoms with van der Waals surface area (Å²) in [7, 11) is 0. The van der Waals surface area contributed by atoms with Crippen molar-refractivity contribution in [1.29, 1.82) is 0 Å². The Morgan fingerprint density at radius 2 is 2.00 bits per heavy atom. The van der Waals surface area contributed by atoms with Crippen molar-refractivity contribution in [2.75, 3.05) is 10.6 Å². The third kappa shape index (κ3) is 2.55. The molecule has 0 bridgehead atoms. The van der Waals surface area contributed by atoms with Gasteiger partial charge in [-0.05, 0) is 26.7 Å². The zero-order valence-corrected chi connectivity index (χ0v) is 8.49. The van der Waals surface area contributed by atoms with E-state index in [1.807, 2.05) is 0 Å². The summed E-state index contributed by atoms with van der Waals surface area (Å²) in [5.74, 6) is 1.31. The van der Waals surface area contributed by atoms with Crippen molar-refractivity contribution in [1.82, 2.24) is 15.0 Å². The molecule has 76 valence electrons. The van der Waals surface area contributed by atoms with Crippen LogP contribution in [-0.4, -0.2) is 27.0 Å². The van der Waals surface area contributed by atoms with Crippen LogP contribution in [0.4, 0.5) is 11.9 Å². The SMILES string of the molecule is CC(C)Nc1ncnc(NC2CC2)n1. The van der Waals surface area contributed by atoms with Gasteiger partial charge < -0.3 is 10.6 Å². The molecular formula is C9H15N5. The van der Waals surface area contributed by atoms with E-state index in [0.29, 0.717) is 24.0 Å². The minimum Gasteiger partial charge on any atom is -0.352 e. The van der Waals surface area contributed by atoms with Crippen molar-refractivity contribution in [3.05, 3.63) is 6.33 Å². The number of nitrogens with one attached hydrogen (secondary N) is 2. The molecule has 0 radical (unpaired) electrons. The van der Waals surface area contributed by atoms with Crippen LogP contribution in [0.1, 0.15) is 26.7 Å². The van der Waals surface area contributed by atoms with Gasteiger partial charge >= 0.3 is 0 Å². The lowest BCUT2D eigenvalue weighted by Crippen LogP contribution is -2.14. The monoisotopic (exact) mass is 193 g/mol. The molecule has 1 heterocycles. The Labute approximate surface area is 83.4 Å². The van der Waals surface area contributed by atoms with E-state index in [4.69, 9.17) is 0 Å². The van der Waals surface area contributed by atoms with Crippen molar-refractivity contribution in [2.45, 2.75) is 38.8 Å². The van der Waals surface area contributed by atoms with Crippen LogP contribution in [0.25, 0.3) is 0 Å². The molecule has 1 aromatic heterocycles. The maximum absolute atomic E-state index is 4.25. The van der Waals surface area contributed by atoms with E-state index < -0.39 is 0 Å². The standard InChI is InChI=1S/C9H15N5/c1-6(2)12-8-10-5-11-9(14-8)13-7-3-4-7/h5-7H,3-4H2,1-2H3,(H2,10,11,12,13,14). The fourth-order valence-corrected chi connectivity index (χ4v) is 1.10. The van der Waals surface area contributed by atoms with Gasteiger partial charge in [0, 0.05) is 12.1 Å². The number of rotatable bonds is 4. The molecule has 2 N–H and O–H groups in total.